The van der Waals surface area contributed by atoms with Crippen LogP contribution in [-0.2, 0) is 4.79 Å². The zero-order valence-electron chi connectivity index (χ0n) is 8.36. The van der Waals surface area contributed by atoms with E-state index >= 15 is 0 Å². The minimum Gasteiger partial charge on any atom is -0.481 e. The Bertz CT molecular complexity index is 159. The topological polar surface area (TPSA) is 57.5 Å². The highest BCUT2D eigenvalue weighted by atomic mass is 32.2. The maximum absolute atomic E-state index is 10.4. The van der Waals surface area contributed by atoms with Gasteiger partial charge in [0.15, 0.2) is 0 Å². The van der Waals surface area contributed by atoms with Gasteiger partial charge in [0.25, 0.3) is 0 Å². The second kappa shape index (κ2) is 6.27. The van der Waals surface area contributed by atoms with Gasteiger partial charge in [-0.25, -0.2) is 0 Å². The van der Waals surface area contributed by atoms with E-state index in [1.54, 1.807) is 18.7 Å². The lowest BCUT2D eigenvalue weighted by molar-refractivity contribution is -0.136. The molecule has 0 aliphatic heterocycles. The van der Waals surface area contributed by atoms with Crippen LogP contribution in [0.2, 0.25) is 0 Å². The molecule has 0 fully saturated rings. The van der Waals surface area contributed by atoms with Gasteiger partial charge in [-0.15, -0.1) is 0 Å². The minimum atomic E-state index is -0.767. The van der Waals surface area contributed by atoms with Gasteiger partial charge >= 0.3 is 5.97 Å². The van der Waals surface area contributed by atoms with Gasteiger partial charge in [-0.3, -0.25) is 4.79 Å². The summed E-state index contributed by atoms with van der Waals surface area (Å²) in [5, 5.41) is 18.0. The van der Waals surface area contributed by atoms with Gasteiger partial charge in [0, 0.05) is 10.5 Å². The van der Waals surface area contributed by atoms with Gasteiger partial charge in [0.1, 0.15) is 0 Å². The summed E-state index contributed by atoms with van der Waals surface area (Å²) in [6.07, 6.45) is 0.625. The van der Waals surface area contributed by atoms with Gasteiger partial charge in [0.05, 0.1) is 12.5 Å². The van der Waals surface area contributed by atoms with E-state index in [1.807, 2.05) is 13.8 Å². The number of aliphatic carboxylic acids is 1. The molecular weight excluding hydrogens is 188 g/mol. The standard InChI is InChI=1S/C9H18O3S/c1-4-8(5-9(11)12)13-7(3)6(2)10/h6-8,10H,4-5H2,1-3H3,(H,11,12). The van der Waals surface area contributed by atoms with Gasteiger partial charge < -0.3 is 10.2 Å². The van der Waals surface area contributed by atoms with Crippen molar-refractivity contribution in [1.82, 2.24) is 0 Å². The summed E-state index contributed by atoms with van der Waals surface area (Å²) in [6, 6.07) is 0. The molecule has 0 aliphatic carbocycles. The number of carbonyl (C=O) groups is 1. The molecule has 0 saturated carbocycles. The molecule has 3 unspecified atom stereocenters. The summed E-state index contributed by atoms with van der Waals surface area (Å²) in [4.78, 5) is 10.4. The molecule has 0 aromatic rings. The Balaban J connectivity index is 3.90. The van der Waals surface area contributed by atoms with E-state index in [0.717, 1.165) is 6.42 Å². The van der Waals surface area contributed by atoms with Crippen molar-refractivity contribution < 1.29 is 15.0 Å². The summed E-state index contributed by atoms with van der Waals surface area (Å²) in [6.45, 7) is 5.61. The average molecular weight is 206 g/mol. The van der Waals surface area contributed by atoms with Crippen LogP contribution >= 0.6 is 11.8 Å². The Morgan fingerprint density at radius 1 is 1.46 bits per heavy atom. The molecule has 0 saturated heterocycles. The Morgan fingerprint density at radius 2 is 2.00 bits per heavy atom. The molecule has 4 heteroatoms. The molecule has 0 amide bonds. The number of carboxylic acids is 1. The van der Waals surface area contributed by atoms with Crippen LogP contribution in [0.4, 0.5) is 0 Å². The second-order valence-corrected chi connectivity index (χ2v) is 4.89. The normalized spacial score (nSPS) is 17.8. The highest BCUT2D eigenvalue weighted by Crippen LogP contribution is 2.25. The lowest BCUT2D eigenvalue weighted by atomic mass is 10.2. The summed E-state index contributed by atoms with van der Waals surface area (Å²) >= 11 is 1.55. The van der Waals surface area contributed by atoms with Crippen molar-refractivity contribution >= 4 is 17.7 Å². The molecule has 13 heavy (non-hydrogen) atoms. The van der Waals surface area contributed by atoms with Crippen LogP contribution < -0.4 is 0 Å². The lowest BCUT2D eigenvalue weighted by Gasteiger charge is -2.19. The third-order valence-corrected chi connectivity index (χ3v) is 3.65. The van der Waals surface area contributed by atoms with E-state index in [4.69, 9.17) is 5.11 Å². The number of aliphatic hydroxyl groups is 1. The molecule has 3 nitrogen and oxygen atoms in total. The fourth-order valence-corrected chi connectivity index (χ4v) is 2.17. The van der Waals surface area contributed by atoms with Crippen molar-refractivity contribution in [2.75, 3.05) is 0 Å². The fraction of sp³-hybridized carbons (Fsp3) is 0.889. The molecule has 0 spiro atoms. The number of aliphatic hydroxyl groups excluding tert-OH is 1. The van der Waals surface area contributed by atoms with Gasteiger partial charge in [-0.1, -0.05) is 13.8 Å². The maximum Gasteiger partial charge on any atom is 0.304 e. The second-order valence-electron chi connectivity index (χ2n) is 3.21. The van der Waals surface area contributed by atoms with Gasteiger partial charge in [0.2, 0.25) is 0 Å². The van der Waals surface area contributed by atoms with Crippen LogP contribution in [0.3, 0.4) is 0 Å². The van der Waals surface area contributed by atoms with E-state index < -0.39 is 5.97 Å². The number of rotatable bonds is 6. The third kappa shape index (κ3) is 5.93. The van der Waals surface area contributed by atoms with E-state index in [-0.39, 0.29) is 23.0 Å². The van der Waals surface area contributed by atoms with Crippen molar-refractivity contribution in [1.29, 1.82) is 0 Å². The molecule has 0 aliphatic rings. The number of hydrogen-bond donors (Lipinski definition) is 2. The van der Waals surface area contributed by atoms with Crippen molar-refractivity contribution in [2.24, 2.45) is 0 Å². The Morgan fingerprint density at radius 3 is 2.31 bits per heavy atom. The highest BCUT2D eigenvalue weighted by molar-refractivity contribution is 8.00. The first-order valence-corrected chi connectivity index (χ1v) is 5.47. The number of carboxylic acid groups (broad SMARTS) is 1. The van der Waals surface area contributed by atoms with E-state index in [0.29, 0.717) is 0 Å². The molecule has 0 heterocycles. The quantitative estimate of drug-likeness (QED) is 0.695. The molecule has 0 radical (unpaired) electrons. The Hall–Kier alpha value is -0.220. The summed E-state index contributed by atoms with van der Waals surface area (Å²) in [7, 11) is 0. The monoisotopic (exact) mass is 206 g/mol. The smallest absolute Gasteiger partial charge is 0.304 e. The highest BCUT2D eigenvalue weighted by Gasteiger charge is 2.17. The van der Waals surface area contributed by atoms with Gasteiger partial charge in [-0.2, -0.15) is 11.8 Å². The molecule has 0 aromatic carbocycles. The predicted molar refractivity (Wildman–Crippen MR) is 55.1 cm³/mol. The summed E-state index contributed by atoms with van der Waals surface area (Å²) in [5.74, 6) is -0.767. The lowest BCUT2D eigenvalue weighted by Crippen LogP contribution is -2.20. The fourth-order valence-electron chi connectivity index (χ4n) is 0.901. The number of thioether (sulfide) groups is 1. The molecule has 0 bridgehead atoms. The Labute approximate surface area is 83.5 Å². The van der Waals surface area contributed by atoms with Crippen LogP contribution in [0.5, 0.6) is 0 Å². The minimum absolute atomic E-state index is 0.101. The van der Waals surface area contributed by atoms with E-state index in [9.17, 15) is 9.90 Å². The first-order chi connectivity index (χ1) is 5.97. The van der Waals surface area contributed by atoms with Crippen LogP contribution in [0, 0.1) is 0 Å². The van der Waals surface area contributed by atoms with E-state index in [2.05, 4.69) is 0 Å². The Kier molecular flexibility index (Phi) is 6.16. The molecule has 78 valence electrons. The van der Waals surface area contributed by atoms with Crippen molar-refractivity contribution in [3.8, 4) is 0 Å². The zero-order chi connectivity index (χ0) is 10.4. The van der Waals surface area contributed by atoms with Crippen LogP contribution in [-0.4, -0.2) is 32.8 Å². The summed E-state index contributed by atoms with van der Waals surface area (Å²) < 4.78 is 0. The summed E-state index contributed by atoms with van der Waals surface area (Å²) in [5.41, 5.74) is 0. The van der Waals surface area contributed by atoms with E-state index in [1.165, 1.54) is 0 Å². The molecule has 2 N–H and O–H groups in total. The SMILES string of the molecule is CCC(CC(=O)O)SC(C)C(C)O. The zero-order valence-corrected chi connectivity index (χ0v) is 9.17. The number of hydrogen-bond acceptors (Lipinski definition) is 3. The van der Waals surface area contributed by atoms with Crippen molar-refractivity contribution in [3.05, 3.63) is 0 Å². The first-order valence-electron chi connectivity index (χ1n) is 4.52. The van der Waals surface area contributed by atoms with Crippen LogP contribution in [0.25, 0.3) is 0 Å². The largest absolute Gasteiger partial charge is 0.481 e. The van der Waals surface area contributed by atoms with Crippen molar-refractivity contribution in [2.45, 2.75) is 50.2 Å². The molecule has 0 aromatic heterocycles. The van der Waals surface area contributed by atoms with Gasteiger partial charge in [-0.05, 0) is 13.3 Å². The average Bonchev–Trinajstić information content (AvgIpc) is 2.02. The third-order valence-electron chi connectivity index (χ3n) is 1.94. The van der Waals surface area contributed by atoms with Crippen LogP contribution in [0.15, 0.2) is 0 Å². The first kappa shape index (κ1) is 12.8. The van der Waals surface area contributed by atoms with Crippen molar-refractivity contribution in [3.63, 3.8) is 0 Å². The molecule has 3 atom stereocenters. The van der Waals surface area contributed by atoms with Crippen LogP contribution in [0.1, 0.15) is 33.6 Å². The maximum atomic E-state index is 10.4. The molecule has 0 rings (SSSR count). The predicted octanol–water partition coefficient (Wildman–Crippen LogP) is 1.74. The molecular formula is C9H18O3S.